The minimum Gasteiger partial charge on any atom is -0.449 e. The molecule has 0 aromatic heterocycles. The number of halogens is 1. The van der Waals surface area contributed by atoms with Crippen LogP contribution in [0.1, 0.15) is 34.1 Å². The molecule has 0 aromatic rings. The largest absolute Gasteiger partial charge is 0.449 e. The normalized spacial score (nSPS) is 23.1. The molecule has 0 atom stereocenters. The molecule has 14 heavy (non-hydrogen) atoms. The van der Waals surface area contributed by atoms with E-state index in [-0.39, 0.29) is 10.8 Å². The van der Waals surface area contributed by atoms with Gasteiger partial charge in [-0.25, -0.2) is 4.79 Å². The topological polar surface area (TPSA) is 26.3 Å². The minimum absolute atomic E-state index is 0.107. The quantitative estimate of drug-likeness (QED) is 0.519. The summed E-state index contributed by atoms with van der Waals surface area (Å²) < 4.78 is 4.81. The van der Waals surface area contributed by atoms with Gasteiger partial charge in [0, 0.05) is 11.6 Å². The van der Waals surface area contributed by atoms with E-state index < -0.39 is 5.43 Å². The summed E-state index contributed by atoms with van der Waals surface area (Å²) in [7, 11) is 0. The van der Waals surface area contributed by atoms with Crippen LogP contribution < -0.4 is 0 Å². The van der Waals surface area contributed by atoms with Crippen molar-refractivity contribution in [2.45, 2.75) is 34.1 Å². The number of carbonyl (C=O) groups excluding carboxylic acids is 1. The summed E-state index contributed by atoms with van der Waals surface area (Å²) in [5, 5.41) is 0. The summed E-state index contributed by atoms with van der Waals surface area (Å²) in [5.74, 6) is 0. The Bertz CT molecular complexity index is 277. The van der Waals surface area contributed by atoms with E-state index in [2.05, 4.69) is 33.8 Å². The van der Waals surface area contributed by atoms with Gasteiger partial charge < -0.3 is 4.74 Å². The van der Waals surface area contributed by atoms with E-state index in [1.807, 2.05) is 0 Å². The van der Waals surface area contributed by atoms with Crippen molar-refractivity contribution >= 4 is 17.0 Å². The smallest absolute Gasteiger partial charge is 0.404 e. The molecule has 0 saturated carbocycles. The Labute approximate surface area is 90.3 Å². The Hall–Kier alpha value is -0.500. The van der Waals surface area contributed by atoms with E-state index >= 15 is 0 Å². The zero-order valence-corrected chi connectivity index (χ0v) is 9.94. The molecule has 1 aliphatic rings. The molecule has 0 radical (unpaired) electrons. The van der Waals surface area contributed by atoms with Crippen LogP contribution >= 0.6 is 11.6 Å². The Balaban J connectivity index is 2.71. The first kappa shape index (κ1) is 11.6. The van der Waals surface area contributed by atoms with Crippen molar-refractivity contribution in [1.29, 1.82) is 0 Å². The van der Waals surface area contributed by atoms with E-state index in [0.29, 0.717) is 6.61 Å². The van der Waals surface area contributed by atoms with Crippen LogP contribution in [0, 0.1) is 10.8 Å². The van der Waals surface area contributed by atoms with Crippen molar-refractivity contribution in [2.75, 3.05) is 6.61 Å². The SMILES string of the molecule is CC1(C)C=C(COC(=O)Cl)C(C)(C)C1. The first-order valence-corrected chi connectivity index (χ1v) is 5.15. The molecule has 0 aromatic carbocycles. The van der Waals surface area contributed by atoms with Gasteiger partial charge in [0.05, 0.1) is 0 Å². The van der Waals surface area contributed by atoms with Crippen LogP contribution in [0.15, 0.2) is 11.6 Å². The molecule has 0 aliphatic heterocycles. The van der Waals surface area contributed by atoms with Crippen LogP contribution in [0.4, 0.5) is 4.79 Å². The van der Waals surface area contributed by atoms with Crippen LogP contribution in [-0.4, -0.2) is 12.0 Å². The van der Waals surface area contributed by atoms with Crippen LogP contribution in [0.3, 0.4) is 0 Å². The zero-order chi connectivity index (χ0) is 11.0. The summed E-state index contributed by atoms with van der Waals surface area (Å²) in [6, 6.07) is 0. The number of hydrogen-bond acceptors (Lipinski definition) is 2. The van der Waals surface area contributed by atoms with E-state index in [1.54, 1.807) is 0 Å². The number of rotatable bonds is 2. The van der Waals surface area contributed by atoms with Gasteiger partial charge in [-0.3, -0.25) is 0 Å². The molecule has 0 amide bonds. The lowest BCUT2D eigenvalue weighted by Gasteiger charge is -2.25. The van der Waals surface area contributed by atoms with Crippen molar-refractivity contribution in [3.8, 4) is 0 Å². The fourth-order valence-corrected chi connectivity index (χ4v) is 2.40. The summed E-state index contributed by atoms with van der Waals surface area (Å²) in [6.45, 7) is 9.01. The highest BCUT2D eigenvalue weighted by atomic mass is 35.5. The molecule has 3 heteroatoms. The second kappa shape index (κ2) is 3.58. The van der Waals surface area contributed by atoms with Crippen molar-refractivity contribution < 1.29 is 9.53 Å². The predicted molar refractivity (Wildman–Crippen MR) is 57.5 cm³/mol. The molecule has 0 fully saturated rings. The fraction of sp³-hybridized carbons (Fsp3) is 0.727. The second-order valence-corrected chi connectivity index (χ2v) is 5.55. The lowest BCUT2D eigenvalue weighted by Crippen LogP contribution is -2.17. The van der Waals surface area contributed by atoms with Gasteiger partial charge >= 0.3 is 5.43 Å². The third-order valence-electron chi connectivity index (χ3n) is 2.67. The first-order chi connectivity index (χ1) is 6.23. The highest BCUT2D eigenvalue weighted by molar-refractivity contribution is 6.61. The summed E-state index contributed by atoms with van der Waals surface area (Å²) >= 11 is 5.13. The number of ether oxygens (including phenoxy) is 1. The Morgan fingerprint density at radius 2 is 2.07 bits per heavy atom. The van der Waals surface area contributed by atoms with E-state index in [0.717, 1.165) is 12.0 Å². The standard InChI is InChI=1S/C11H17ClO2/c1-10(2)5-8(6-14-9(12)13)11(3,4)7-10/h5H,6-7H2,1-4H3. The van der Waals surface area contributed by atoms with Gasteiger partial charge in [0.25, 0.3) is 0 Å². The van der Waals surface area contributed by atoms with Gasteiger partial charge in [0.2, 0.25) is 0 Å². The zero-order valence-electron chi connectivity index (χ0n) is 9.19. The first-order valence-electron chi connectivity index (χ1n) is 4.77. The van der Waals surface area contributed by atoms with Crippen LogP contribution in [0.25, 0.3) is 0 Å². The molecule has 1 aliphatic carbocycles. The molecule has 0 spiro atoms. The lowest BCUT2D eigenvalue weighted by molar-refractivity contribution is 0.176. The van der Waals surface area contributed by atoms with Gasteiger partial charge in [0.1, 0.15) is 6.61 Å². The van der Waals surface area contributed by atoms with Crippen molar-refractivity contribution in [2.24, 2.45) is 10.8 Å². The molecule has 0 bridgehead atoms. The molecule has 1 rings (SSSR count). The fourth-order valence-electron chi connectivity index (χ4n) is 2.34. The molecule has 0 unspecified atom stereocenters. The Kier molecular flexibility index (Phi) is 2.96. The monoisotopic (exact) mass is 216 g/mol. The summed E-state index contributed by atoms with van der Waals surface area (Å²) in [6.07, 6.45) is 3.27. The number of carbonyl (C=O) groups is 1. The minimum atomic E-state index is -0.730. The average Bonchev–Trinajstić information content (AvgIpc) is 2.14. The van der Waals surface area contributed by atoms with Gasteiger partial charge in [0.15, 0.2) is 0 Å². The average molecular weight is 217 g/mol. The number of hydrogen-bond donors (Lipinski definition) is 0. The third kappa shape index (κ3) is 2.74. The molecular formula is C11H17ClO2. The molecule has 2 nitrogen and oxygen atoms in total. The van der Waals surface area contributed by atoms with E-state index in [4.69, 9.17) is 16.3 Å². The van der Waals surface area contributed by atoms with E-state index in [9.17, 15) is 4.79 Å². The van der Waals surface area contributed by atoms with Crippen molar-refractivity contribution in [3.63, 3.8) is 0 Å². The second-order valence-electron chi connectivity index (χ2n) is 5.25. The Morgan fingerprint density at radius 1 is 1.50 bits per heavy atom. The maximum Gasteiger partial charge on any atom is 0.404 e. The highest BCUT2D eigenvalue weighted by Crippen LogP contribution is 2.47. The van der Waals surface area contributed by atoms with E-state index in [1.165, 1.54) is 0 Å². The van der Waals surface area contributed by atoms with Crippen LogP contribution in [0.5, 0.6) is 0 Å². The maximum atomic E-state index is 10.5. The van der Waals surface area contributed by atoms with Crippen molar-refractivity contribution in [3.05, 3.63) is 11.6 Å². The molecule has 0 saturated heterocycles. The molecule has 0 heterocycles. The van der Waals surface area contributed by atoms with Gasteiger partial charge in [-0.05, 0) is 22.8 Å². The summed E-state index contributed by atoms with van der Waals surface area (Å²) in [5.41, 5.74) is 0.732. The number of allylic oxidation sites excluding steroid dienone is 1. The van der Waals surface area contributed by atoms with Gasteiger partial charge in [-0.15, -0.1) is 0 Å². The summed E-state index contributed by atoms with van der Waals surface area (Å²) in [4.78, 5) is 10.5. The van der Waals surface area contributed by atoms with Crippen molar-refractivity contribution in [1.82, 2.24) is 0 Å². The van der Waals surface area contributed by atoms with Crippen LogP contribution in [0.2, 0.25) is 0 Å². The van der Waals surface area contributed by atoms with Gasteiger partial charge in [-0.2, -0.15) is 0 Å². The van der Waals surface area contributed by atoms with Crippen LogP contribution in [-0.2, 0) is 4.74 Å². The highest BCUT2D eigenvalue weighted by Gasteiger charge is 2.37. The third-order valence-corrected chi connectivity index (χ3v) is 2.78. The molecule has 0 N–H and O–H groups in total. The predicted octanol–water partition coefficient (Wildman–Crippen LogP) is 3.74. The lowest BCUT2D eigenvalue weighted by atomic mass is 9.81. The maximum absolute atomic E-state index is 10.5. The molecular weight excluding hydrogens is 200 g/mol. The Morgan fingerprint density at radius 3 is 2.43 bits per heavy atom. The van der Waals surface area contributed by atoms with Gasteiger partial charge in [-0.1, -0.05) is 33.8 Å². The molecule has 80 valence electrons.